The molecule has 0 spiro atoms. The summed E-state index contributed by atoms with van der Waals surface area (Å²) in [6.45, 7) is 0.00671. The predicted molar refractivity (Wildman–Crippen MR) is 139 cm³/mol. The van der Waals surface area contributed by atoms with Gasteiger partial charge in [-0.25, -0.2) is 9.67 Å². The van der Waals surface area contributed by atoms with Gasteiger partial charge in [-0.2, -0.15) is 5.10 Å². The summed E-state index contributed by atoms with van der Waals surface area (Å²) in [5, 5.41) is 19.0. The first kappa shape index (κ1) is 23.6. The average Bonchev–Trinajstić information content (AvgIpc) is 3.46. The average molecular weight is 592 g/mol. The SMILES string of the molecule is O=[N+]([O-])c1cc2c(cc1C=Nn1c(-c3ccc(Br)cc3)csc1=Nc1ccc(Cl)c(Cl)c1)OCO2. The molecule has 0 aliphatic carbocycles. The molecule has 0 radical (unpaired) electrons. The molecule has 5 rings (SSSR count). The van der Waals surface area contributed by atoms with Crippen LogP contribution < -0.4 is 14.3 Å². The summed E-state index contributed by atoms with van der Waals surface area (Å²) in [5.41, 5.74) is 2.34. The Morgan fingerprint density at radius 1 is 1.06 bits per heavy atom. The van der Waals surface area contributed by atoms with E-state index in [9.17, 15) is 10.1 Å². The van der Waals surface area contributed by atoms with Crippen molar-refractivity contribution in [2.24, 2.45) is 10.1 Å². The normalized spacial score (nSPS) is 13.1. The highest BCUT2D eigenvalue weighted by Crippen LogP contribution is 2.37. The highest BCUT2D eigenvalue weighted by molar-refractivity contribution is 9.10. The highest BCUT2D eigenvalue weighted by Gasteiger charge is 2.22. The van der Waals surface area contributed by atoms with E-state index < -0.39 is 4.92 Å². The van der Waals surface area contributed by atoms with E-state index in [1.54, 1.807) is 22.9 Å². The largest absolute Gasteiger partial charge is 0.454 e. The number of hydrogen-bond acceptors (Lipinski definition) is 7. The Kier molecular flexibility index (Phi) is 6.61. The lowest BCUT2D eigenvalue weighted by atomic mass is 10.1. The summed E-state index contributed by atoms with van der Waals surface area (Å²) in [5.74, 6) is 0.740. The highest BCUT2D eigenvalue weighted by atomic mass is 79.9. The third-order valence-electron chi connectivity index (χ3n) is 4.98. The molecule has 0 unspecified atom stereocenters. The van der Waals surface area contributed by atoms with Gasteiger partial charge in [-0.05, 0) is 36.4 Å². The monoisotopic (exact) mass is 590 g/mol. The molecule has 12 heteroatoms. The van der Waals surface area contributed by atoms with E-state index in [2.05, 4.69) is 26.0 Å². The van der Waals surface area contributed by atoms with Gasteiger partial charge in [0, 0.05) is 15.4 Å². The quantitative estimate of drug-likeness (QED) is 0.141. The number of ether oxygens (including phenoxy) is 2. The van der Waals surface area contributed by atoms with Crippen LogP contribution in [0.4, 0.5) is 11.4 Å². The molecule has 176 valence electrons. The number of nitrogens with zero attached hydrogens (tertiary/aromatic N) is 4. The van der Waals surface area contributed by atoms with Gasteiger partial charge in [-0.1, -0.05) is 51.3 Å². The van der Waals surface area contributed by atoms with Crippen LogP contribution in [0.3, 0.4) is 0 Å². The smallest absolute Gasteiger partial charge is 0.282 e. The predicted octanol–water partition coefficient (Wildman–Crippen LogP) is 7.04. The van der Waals surface area contributed by atoms with Crippen molar-refractivity contribution in [3.63, 3.8) is 0 Å². The van der Waals surface area contributed by atoms with E-state index in [4.69, 9.17) is 32.7 Å². The van der Waals surface area contributed by atoms with Crippen LogP contribution in [0, 0.1) is 10.1 Å². The minimum absolute atomic E-state index is 0.00671. The second-order valence-corrected chi connectivity index (χ2v) is 9.77. The van der Waals surface area contributed by atoms with E-state index in [0.29, 0.717) is 32.0 Å². The lowest BCUT2D eigenvalue weighted by molar-refractivity contribution is -0.385. The molecule has 1 aliphatic heterocycles. The van der Waals surface area contributed by atoms with Crippen molar-refractivity contribution in [2.45, 2.75) is 0 Å². The van der Waals surface area contributed by atoms with Gasteiger partial charge < -0.3 is 9.47 Å². The molecule has 2 heterocycles. The summed E-state index contributed by atoms with van der Waals surface area (Å²) in [7, 11) is 0. The summed E-state index contributed by atoms with van der Waals surface area (Å²) >= 11 is 17.0. The molecule has 0 bridgehead atoms. The van der Waals surface area contributed by atoms with E-state index >= 15 is 0 Å². The molecule has 0 fully saturated rings. The van der Waals surface area contributed by atoms with Crippen molar-refractivity contribution in [3.8, 4) is 22.8 Å². The maximum atomic E-state index is 11.7. The fourth-order valence-corrected chi connectivity index (χ4v) is 4.71. The Morgan fingerprint density at radius 3 is 2.51 bits per heavy atom. The van der Waals surface area contributed by atoms with Crippen LogP contribution in [0.2, 0.25) is 10.0 Å². The third-order valence-corrected chi connectivity index (χ3v) is 7.07. The number of rotatable bonds is 5. The van der Waals surface area contributed by atoms with Gasteiger partial charge in [0.2, 0.25) is 11.6 Å². The first-order chi connectivity index (χ1) is 16.9. The molecule has 35 heavy (non-hydrogen) atoms. The Balaban J connectivity index is 1.65. The number of nitro benzene ring substituents is 1. The second-order valence-electron chi connectivity index (χ2n) is 7.20. The Bertz CT molecular complexity index is 1550. The molecule has 4 aromatic rings. The standard InChI is InChI=1S/C23H13BrCl2N4O4S/c24-15-3-1-13(2-4-15)20-11-35-23(28-16-5-6-17(25)18(26)8-16)29(20)27-10-14-7-21-22(34-12-33-21)9-19(14)30(31)32/h1-11H,12H2. The van der Waals surface area contributed by atoms with Crippen LogP contribution >= 0.6 is 50.5 Å². The number of nitro groups is 1. The molecule has 0 saturated carbocycles. The van der Waals surface area contributed by atoms with Crippen molar-refractivity contribution in [1.29, 1.82) is 0 Å². The maximum Gasteiger partial charge on any atom is 0.282 e. The van der Waals surface area contributed by atoms with E-state index in [0.717, 1.165) is 15.7 Å². The summed E-state index contributed by atoms with van der Waals surface area (Å²) in [6.07, 6.45) is 1.41. The van der Waals surface area contributed by atoms with Crippen molar-refractivity contribution in [1.82, 2.24) is 4.68 Å². The van der Waals surface area contributed by atoms with Crippen LogP contribution in [0.25, 0.3) is 11.3 Å². The lowest BCUT2D eigenvalue weighted by Gasteiger charge is -2.05. The molecule has 0 saturated heterocycles. The van der Waals surface area contributed by atoms with Gasteiger partial charge in [0.05, 0.1) is 44.2 Å². The lowest BCUT2D eigenvalue weighted by Crippen LogP contribution is -2.11. The number of fused-ring (bicyclic) bond motifs is 1. The minimum atomic E-state index is -0.488. The van der Waals surface area contributed by atoms with Crippen molar-refractivity contribution in [3.05, 3.63) is 95.0 Å². The summed E-state index contributed by atoms with van der Waals surface area (Å²) < 4.78 is 13.2. The number of thiazole rings is 1. The Hall–Kier alpha value is -3.18. The van der Waals surface area contributed by atoms with E-state index in [1.165, 1.54) is 29.7 Å². The molecule has 1 aliphatic rings. The fraction of sp³-hybridized carbons (Fsp3) is 0.0435. The molecule has 0 amide bonds. The van der Waals surface area contributed by atoms with Crippen molar-refractivity contribution < 1.29 is 14.4 Å². The molecule has 1 aromatic heterocycles. The molecule has 0 N–H and O–H groups in total. The van der Waals surface area contributed by atoms with Crippen LogP contribution in [0.15, 0.2) is 74.5 Å². The molecule has 8 nitrogen and oxygen atoms in total. The molecule has 3 aromatic carbocycles. The topological polar surface area (TPSA) is 91.2 Å². The van der Waals surface area contributed by atoms with Crippen LogP contribution in [-0.2, 0) is 0 Å². The van der Waals surface area contributed by atoms with Crippen LogP contribution in [-0.4, -0.2) is 22.6 Å². The number of aromatic nitrogens is 1. The number of benzene rings is 3. The third kappa shape index (κ3) is 4.96. The van der Waals surface area contributed by atoms with Gasteiger partial charge in [-0.3, -0.25) is 10.1 Å². The van der Waals surface area contributed by atoms with E-state index in [1.807, 2.05) is 29.6 Å². The second kappa shape index (κ2) is 9.82. The van der Waals surface area contributed by atoms with Crippen LogP contribution in [0.1, 0.15) is 5.56 Å². The van der Waals surface area contributed by atoms with Crippen molar-refractivity contribution >= 4 is 68.1 Å². The zero-order chi connectivity index (χ0) is 24.5. The summed E-state index contributed by atoms with van der Waals surface area (Å²) in [6, 6.07) is 15.6. The molecule has 0 atom stereocenters. The van der Waals surface area contributed by atoms with Gasteiger partial charge in [0.15, 0.2) is 11.5 Å². The maximum absolute atomic E-state index is 11.7. The zero-order valence-electron chi connectivity index (χ0n) is 17.5. The first-order valence-corrected chi connectivity index (χ1v) is 12.4. The number of halogens is 3. The Labute approximate surface area is 221 Å². The Morgan fingerprint density at radius 2 is 1.80 bits per heavy atom. The van der Waals surface area contributed by atoms with Crippen LogP contribution in [0.5, 0.6) is 11.5 Å². The summed E-state index contributed by atoms with van der Waals surface area (Å²) in [4.78, 5) is 16.4. The fourth-order valence-electron chi connectivity index (χ4n) is 3.30. The zero-order valence-corrected chi connectivity index (χ0v) is 21.4. The first-order valence-electron chi connectivity index (χ1n) is 9.98. The number of hydrogen-bond donors (Lipinski definition) is 0. The van der Waals surface area contributed by atoms with Gasteiger partial charge in [0.1, 0.15) is 0 Å². The van der Waals surface area contributed by atoms with Gasteiger partial charge >= 0.3 is 0 Å². The molecular formula is C23H13BrCl2N4O4S. The van der Waals surface area contributed by atoms with E-state index in [-0.39, 0.29) is 18.0 Å². The van der Waals surface area contributed by atoms with Gasteiger partial charge in [-0.15, -0.1) is 11.3 Å². The molecular weight excluding hydrogens is 579 g/mol. The van der Waals surface area contributed by atoms with Crippen molar-refractivity contribution in [2.75, 3.05) is 6.79 Å². The van der Waals surface area contributed by atoms with Gasteiger partial charge in [0.25, 0.3) is 5.69 Å². The minimum Gasteiger partial charge on any atom is -0.454 e.